The Morgan fingerprint density at radius 1 is 1.27 bits per heavy atom. The number of likely N-dealkylation sites (tertiary alicyclic amines) is 1. The van der Waals surface area contributed by atoms with Crippen LogP contribution in [0, 0.1) is 0 Å². The van der Waals surface area contributed by atoms with Gasteiger partial charge < -0.3 is 20.1 Å². The zero-order chi connectivity index (χ0) is 16.2. The third-order valence-electron chi connectivity index (χ3n) is 3.64. The molecule has 0 unspecified atom stereocenters. The fraction of sp³-hybridized carbons (Fsp3) is 0.462. The summed E-state index contributed by atoms with van der Waals surface area (Å²) in [5.41, 5.74) is -1.03. The van der Waals surface area contributed by atoms with E-state index in [2.05, 4.69) is 15.3 Å². The number of nitrogens with zero attached hydrogens (tertiary/aromatic N) is 3. The zero-order valence-corrected chi connectivity index (χ0v) is 12.0. The number of rotatable bonds is 3. The van der Waals surface area contributed by atoms with Gasteiger partial charge in [0.05, 0.1) is 12.7 Å². The number of nitrogens with one attached hydrogen (secondary N) is 1. The van der Waals surface area contributed by atoms with Crippen LogP contribution in [0.5, 0.6) is 0 Å². The first-order valence-corrected chi connectivity index (χ1v) is 6.62. The fourth-order valence-electron chi connectivity index (χ4n) is 2.36. The Morgan fingerprint density at radius 2 is 1.86 bits per heavy atom. The number of carbonyl (C=O) groups is 3. The van der Waals surface area contributed by atoms with E-state index in [1.54, 1.807) is 0 Å². The lowest BCUT2D eigenvalue weighted by atomic mass is 9.87. The van der Waals surface area contributed by atoms with Gasteiger partial charge >= 0.3 is 12.1 Å². The van der Waals surface area contributed by atoms with Gasteiger partial charge in [0.15, 0.2) is 0 Å². The SMILES string of the molecule is COC(=O)C1(NC(=O)c2cncnc2)CCN(C(=O)O)CC1. The Morgan fingerprint density at radius 3 is 2.36 bits per heavy atom. The van der Waals surface area contributed by atoms with E-state index in [4.69, 9.17) is 9.84 Å². The van der Waals surface area contributed by atoms with Crippen molar-refractivity contribution in [3.8, 4) is 0 Å². The number of methoxy groups -OCH3 is 1. The number of piperidine rings is 1. The first-order valence-electron chi connectivity index (χ1n) is 6.62. The van der Waals surface area contributed by atoms with Crippen LogP contribution in [0.15, 0.2) is 18.7 Å². The predicted octanol–water partition coefficient (Wildman–Crippen LogP) is -0.108. The van der Waals surface area contributed by atoms with Crippen LogP contribution >= 0.6 is 0 Å². The van der Waals surface area contributed by atoms with E-state index in [0.29, 0.717) is 0 Å². The van der Waals surface area contributed by atoms with E-state index >= 15 is 0 Å². The number of ether oxygens (including phenoxy) is 1. The van der Waals surface area contributed by atoms with E-state index in [1.165, 1.54) is 30.7 Å². The van der Waals surface area contributed by atoms with E-state index in [0.717, 1.165) is 0 Å². The van der Waals surface area contributed by atoms with Gasteiger partial charge in [0.1, 0.15) is 11.9 Å². The number of carboxylic acid groups (broad SMARTS) is 1. The Balaban J connectivity index is 2.16. The topological polar surface area (TPSA) is 122 Å². The van der Waals surface area contributed by atoms with Crippen molar-refractivity contribution in [3.05, 3.63) is 24.3 Å². The molecule has 0 saturated carbocycles. The van der Waals surface area contributed by atoms with Crippen molar-refractivity contribution in [2.75, 3.05) is 20.2 Å². The molecule has 9 heteroatoms. The summed E-state index contributed by atoms with van der Waals surface area (Å²) in [6.07, 6.45) is 3.19. The summed E-state index contributed by atoms with van der Waals surface area (Å²) >= 11 is 0. The minimum absolute atomic E-state index is 0.135. The Labute approximate surface area is 126 Å². The highest BCUT2D eigenvalue weighted by Crippen LogP contribution is 2.24. The van der Waals surface area contributed by atoms with E-state index in [-0.39, 0.29) is 31.5 Å². The van der Waals surface area contributed by atoms with Gasteiger partial charge in [-0.05, 0) is 12.8 Å². The maximum absolute atomic E-state index is 12.2. The molecule has 9 nitrogen and oxygen atoms in total. The van der Waals surface area contributed by atoms with Gasteiger partial charge in [-0.15, -0.1) is 0 Å². The van der Waals surface area contributed by atoms with Crippen molar-refractivity contribution in [2.45, 2.75) is 18.4 Å². The van der Waals surface area contributed by atoms with E-state index in [9.17, 15) is 14.4 Å². The number of aromatic nitrogens is 2. The lowest BCUT2D eigenvalue weighted by molar-refractivity contribution is -0.150. The third-order valence-corrected chi connectivity index (χ3v) is 3.64. The number of esters is 1. The second kappa shape index (κ2) is 6.37. The first-order chi connectivity index (χ1) is 10.5. The molecule has 22 heavy (non-hydrogen) atoms. The van der Waals surface area contributed by atoms with E-state index < -0.39 is 23.5 Å². The standard InChI is InChI=1S/C13H16N4O5/c1-22-11(19)13(2-4-17(5-3-13)12(20)21)16-10(18)9-6-14-8-15-7-9/h6-8H,2-5H2,1H3,(H,16,18)(H,20,21). The van der Waals surface area contributed by atoms with Crippen LogP contribution in [-0.2, 0) is 9.53 Å². The molecule has 1 aromatic heterocycles. The fourth-order valence-corrected chi connectivity index (χ4v) is 2.36. The minimum atomic E-state index is -1.24. The van der Waals surface area contributed by atoms with Gasteiger partial charge in [-0.1, -0.05) is 0 Å². The van der Waals surface area contributed by atoms with Crippen molar-refractivity contribution in [1.29, 1.82) is 0 Å². The summed E-state index contributed by atoms with van der Waals surface area (Å²) < 4.78 is 4.77. The van der Waals surface area contributed by atoms with Crippen LogP contribution in [-0.4, -0.2) is 63.7 Å². The third kappa shape index (κ3) is 3.13. The molecule has 1 aliphatic rings. The second-order valence-electron chi connectivity index (χ2n) is 4.92. The summed E-state index contributed by atoms with van der Waals surface area (Å²) in [5, 5.41) is 11.6. The van der Waals surface area contributed by atoms with Crippen LogP contribution < -0.4 is 5.32 Å². The van der Waals surface area contributed by atoms with Crippen molar-refractivity contribution < 1.29 is 24.2 Å². The Kier molecular flexibility index (Phi) is 4.54. The molecule has 1 saturated heterocycles. The van der Waals surface area contributed by atoms with Crippen LogP contribution in [0.4, 0.5) is 4.79 Å². The highest BCUT2D eigenvalue weighted by molar-refractivity contribution is 5.97. The molecule has 0 bridgehead atoms. The molecule has 0 aromatic carbocycles. The summed E-state index contributed by atoms with van der Waals surface area (Å²) in [4.78, 5) is 44.0. The lowest BCUT2D eigenvalue weighted by Crippen LogP contribution is -2.61. The number of hydrogen-bond donors (Lipinski definition) is 2. The molecule has 1 aromatic rings. The Hall–Kier alpha value is -2.71. The largest absolute Gasteiger partial charge is 0.467 e. The minimum Gasteiger partial charge on any atom is -0.467 e. The molecule has 2 amide bonds. The van der Waals surface area contributed by atoms with Gasteiger partial charge in [-0.2, -0.15) is 0 Å². The molecule has 2 rings (SSSR count). The zero-order valence-electron chi connectivity index (χ0n) is 12.0. The molecule has 0 atom stereocenters. The maximum Gasteiger partial charge on any atom is 0.407 e. The van der Waals surface area contributed by atoms with Gasteiger partial charge in [-0.3, -0.25) is 4.79 Å². The number of carbonyl (C=O) groups excluding carboxylic acids is 2. The highest BCUT2D eigenvalue weighted by Gasteiger charge is 2.44. The average molecular weight is 308 g/mol. The molecule has 1 fully saturated rings. The molecule has 2 N–H and O–H groups in total. The predicted molar refractivity (Wildman–Crippen MR) is 73.1 cm³/mol. The summed E-state index contributed by atoms with van der Waals surface area (Å²) in [6, 6.07) is 0. The normalized spacial score (nSPS) is 16.7. The quantitative estimate of drug-likeness (QED) is 0.747. The summed E-state index contributed by atoms with van der Waals surface area (Å²) in [7, 11) is 1.23. The molecular weight excluding hydrogens is 292 g/mol. The van der Waals surface area contributed by atoms with Crippen molar-refractivity contribution in [3.63, 3.8) is 0 Å². The maximum atomic E-state index is 12.2. The second-order valence-corrected chi connectivity index (χ2v) is 4.92. The molecular formula is C13H16N4O5. The number of amides is 2. The molecule has 1 aliphatic heterocycles. The first kappa shape index (κ1) is 15.7. The van der Waals surface area contributed by atoms with Crippen LogP contribution in [0.25, 0.3) is 0 Å². The monoisotopic (exact) mass is 308 g/mol. The number of hydrogen-bond acceptors (Lipinski definition) is 6. The van der Waals surface area contributed by atoms with Gasteiger partial charge in [0.2, 0.25) is 0 Å². The summed E-state index contributed by atoms with van der Waals surface area (Å²) in [5.74, 6) is -1.10. The van der Waals surface area contributed by atoms with Crippen LogP contribution in [0.3, 0.4) is 0 Å². The Bertz CT molecular complexity index is 569. The molecule has 118 valence electrons. The van der Waals surface area contributed by atoms with Crippen molar-refractivity contribution in [1.82, 2.24) is 20.2 Å². The van der Waals surface area contributed by atoms with E-state index in [1.807, 2.05) is 0 Å². The highest BCUT2D eigenvalue weighted by atomic mass is 16.5. The summed E-state index contributed by atoms with van der Waals surface area (Å²) in [6.45, 7) is 0.270. The van der Waals surface area contributed by atoms with Crippen LogP contribution in [0.2, 0.25) is 0 Å². The smallest absolute Gasteiger partial charge is 0.407 e. The average Bonchev–Trinajstić information content (AvgIpc) is 2.55. The van der Waals surface area contributed by atoms with Gasteiger partial charge in [0, 0.05) is 25.5 Å². The molecule has 0 spiro atoms. The van der Waals surface area contributed by atoms with Crippen molar-refractivity contribution in [2.24, 2.45) is 0 Å². The molecule has 0 radical (unpaired) electrons. The van der Waals surface area contributed by atoms with Crippen LogP contribution in [0.1, 0.15) is 23.2 Å². The lowest BCUT2D eigenvalue weighted by Gasteiger charge is -2.38. The molecule has 2 heterocycles. The molecule has 0 aliphatic carbocycles. The van der Waals surface area contributed by atoms with Gasteiger partial charge in [0.25, 0.3) is 5.91 Å². The van der Waals surface area contributed by atoms with Crippen molar-refractivity contribution >= 4 is 18.0 Å². The van der Waals surface area contributed by atoms with Gasteiger partial charge in [-0.25, -0.2) is 19.6 Å².